The fraction of sp³-hybridized carbons (Fsp3) is 0.462. The molecule has 0 aliphatic carbocycles. The molecule has 1 saturated heterocycles. The molecule has 1 unspecified atom stereocenters. The van der Waals surface area contributed by atoms with E-state index in [0.29, 0.717) is 12.6 Å². The van der Waals surface area contributed by atoms with Gasteiger partial charge in [0.05, 0.1) is 6.54 Å². The van der Waals surface area contributed by atoms with Gasteiger partial charge in [0.1, 0.15) is 6.29 Å². The van der Waals surface area contributed by atoms with Crippen LogP contribution >= 0.6 is 0 Å². The summed E-state index contributed by atoms with van der Waals surface area (Å²) < 4.78 is 0. The molecule has 0 saturated carbocycles. The summed E-state index contributed by atoms with van der Waals surface area (Å²) in [5.41, 5.74) is 1.30. The number of hydrogen-bond acceptors (Lipinski definition) is 3. The smallest absolute Gasteiger partial charge is 0.134 e. The molecule has 0 amide bonds. The van der Waals surface area contributed by atoms with Gasteiger partial charge in [0, 0.05) is 25.7 Å². The highest BCUT2D eigenvalue weighted by atomic mass is 16.1. The maximum Gasteiger partial charge on any atom is 0.134 e. The topological polar surface area (TPSA) is 23.6 Å². The van der Waals surface area contributed by atoms with Crippen LogP contribution in [0.5, 0.6) is 0 Å². The minimum absolute atomic E-state index is 0.352. The molecule has 2 rings (SSSR count). The third kappa shape index (κ3) is 2.49. The molecule has 0 aromatic heterocycles. The first-order chi connectivity index (χ1) is 7.81. The first-order valence-electron chi connectivity index (χ1n) is 5.72. The molecular weight excluding hydrogens is 200 g/mol. The summed E-state index contributed by atoms with van der Waals surface area (Å²) in [4.78, 5) is 15.2. The molecule has 1 heterocycles. The maximum atomic E-state index is 10.7. The van der Waals surface area contributed by atoms with E-state index in [4.69, 9.17) is 0 Å². The van der Waals surface area contributed by atoms with Gasteiger partial charge in [0.2, 0.25) is 0 Å². The molecule has 0 N–H and O–H groups in total. The van der Waals surface area contributed by atoms with Gasteiger partial charge < -0.3 is 9.69 Å². The minimum Gasteiger partial charge on any atom is -0.303 e. The zero-order chi connectivity index (χ0) is 11.4. The normalized spacial score (nSPS) is 23.2. The van der Waals surface area contributed by atoms with E-state index in [9.17, 15) is 4.79 Å². The van der Waals surface area contributed by atoms with Gasteiger partial charge in [-0.1, -0.05) is 30.3 Å². The van der Waals surface area contributed by atoms with Gasteiger partial charge in [0.15, 0.2) is 0 Å². The van der Waals surface area contributed by atoms with Crippen molar-refractivity contribution in [3.05, 3.63) is 35.9 Å². The van der Waals surface area contributed by atoms with Crippen LogP contribution in [0.25, 0.3) is 0 Å². The van der Waals surface area contributed by atoms with Crippen LogP contribution in [-0.2, 0) is 4.79 Å². The number of likely N-dealkylation sites (N-methyl/N-ethyl adjacent to an activating group) is 1. The Balaban J connectivity index is 2.17. The van der Waals surface area contributed by atoms with Crippen molar-refractivity contribution in [2.75, 3.05) is 33.2 Å². The molecule has 3 heteroatoms. The van der Waals surface area contributed by atoms with Gasteiger partial charge >= 0.3 is 0 Å². The molecule has 0 bridgehead atoms. The molecule has 1 aromatic rings. The Hall–Kier alpha value is -1.19. The fourth-order valence-corrected chi connectivity index (χ4v) is 2.26. The molecular formula is C13H18N2O. The highest BCUT2D eigenvalue weighted by Gasteiger charge is 2.25. The van der Waals surface area contributed by atoms with Crippen molar-refractivity contribution in [1.82, 2.24) is 9.80 Å². The molecule has 16 heavy (non-hydrogen) atoms. The van der Waals surface area contributed by atoms with Crippen LogP contribution < -0.4 is 0 Å². The average molecular weight is 218 g/mol. The van der Waals surface area contributed by atoms with Crippen LogP contribution in [0.15, 0.2) is 30.3 Å². The van der Waals surface area contributed by atoms with Gasteiger partial charge in [-0.3, -0.25) is 4.90 Å². The van der Waals surface area contributed by atoms with Crippen molar-refractivity contribution < 1.29 is 4.79 Å². The fourth-order valence-electron chi connectivity index (χ4n) is 2.26. The van der Waals surface area contributed by atoms with Crippen LogP contribution in [0, 0.1) is 0 Å². The zero-order valence-electron chi connectivity index (χ0n) is 9.67. The number of nitrogens with zero attached hydrogens (tertiary/aromatic N) is 2. The third-order valence-corrected chi connectivity index (χ3v) is 3.19. The maximum absolute atomic E-state index is 10.7. The number of piperazine rings is 1. The molecule has 1 aliphatic rings. The quantitative estimate of drug-likeness (QED) is 0.712. The number of carbonyl (C=O) groups is 1. The molecule has 86 valence electrons. The summed E-state index contributed by atoms with van der Waals surface area (Å²) in [5, 5.41) is 0. The van der Waals surface area contributed by atoms with Gasteiger partial charge in [0.25, 0.3) is 0 Å². The van der Waals surface area contributed by atoms with Crippen molar-refractivity contribution in [3.63, 3.8) is 0 Å². The molecule has 1 aromatic carbocycles. The van der Waals surface area contributed by atoms with E-state index in [1.165, 1.54) is 5.56 Å². The van der Waals surface area contributed by atoms with E-state index in [1.807, 2.05) is 6.07 Å². The van der Waals surface area contributed by atoms with Crippen LogP contribution in [0.1, 0.15) is 11.6 Å². The van der Waals surface area contributed by atoms with Crippen LogP contribution in [0.2, 0.25) is 0 Å². The second-order valence-corrected chi connectivity index (χ2v) is 4.35. The molecule has 1 fully saturated rings. The number of rotatable bonds is 3. The zero-order valence-corrected chi connectivity index (χ0v) is 9.67. The standard InChI is InChI=1S/C13H18N2O/c1-14-7-8-15(9-10-16)13(11-14)12-5-3-2-4-6-12/h2-6,10,13H,7-9,11H2,1H3. The molecule has 3 nitrogen and oxygen atoms in total. The average Bonchev–Trinajstić information content (AvgIpc) is 2.33. The number of aldehydes is 1. The lowest BCUT2D eigenvalue weighted by Gasteiger charge is -2.39. The third-order valence-electron chi connectivity index (χ3n) is 3.19. The van der Waals surface area contributed by atoms with E-state index in [1.54, 1.807) is 0 Å². The monoisotopic (exact) mass is 218 g/mol. The van der Waals surface area contributed by atoms with Crippen LogP contribution in [0.4, 0.5) is 0 Å². The lowest BCUT2D eigenvalue weighted by molar-refractivity contribution is -0.110. The Morgan fingerprint density at radius 1 is 1.31 bits per heavy atom. The molecule has 0 radical (unpaired) electrons. The highest BCUT2D eigenvalue weighted by molar-refractivity contribution is 5.52. The van der Waals surface area contributed by atoms with E-state index in [-0.39, 0.29) is 0 Å². The van der Waals surface area contributed by atoms with Crippen molar-refractivity contribution in [3.8, 4) is 0 Å². The first kappa shape index (κ1) is 11.3. The van der Waals surface area contributed by atoms with Gasteiger partial charge in [-0.25, -0.2) is 0 Å². The van der Waals surface area contributed by atoms with Crippen molar-refractivity contribution in [2.24, 2.45) is 0 Å². The minimum atomic E-state index is 0.352. The molecule has 1 atom stereocenters. The summed E-state index contributed by atoms with van der Waals surface area (Å²) in [7, 11) is 2.13. The predicted molar refractivity (Wildman–Crippen MR) is 64.3 cm³/mol. The lowest BCUT2D eigenvalue weighted by Crippen LogP contribution is -2.47. The summed E-state index contributed by atoms with van der Waals surface area (Å²) >= 11 is 0. The molecule has 1 aliphatic heterocycles. The molecule has 0 spiro atoms. The first-order valence-corrected chi connectivity index (χ1v) is 5.72. The van der Waals surface area contributed by atoms with Gasteiger partial charge in [-0.15, -0.1) is 0 Å². The Morgan fingerprint density at radius 3 is 2.75 bits per heavy atom. The van der Waals surface area contributed by atoms with Crippen molar-refractivity contribution in [2.45, 2.75) is 6.04 Å². The second-order valence-electron chi connectivity index (χ2n) is 4.35. The SMILES string of the molecule is CN1CCN(CC=O)C(c2ccccc2)C1. The highest BCUT2D eigenvalue weighted by Crippen LogP contribution is 2.23. The van der Waals surface area contributed by atoms with Gasteiger partial charge in [-0.05, 0) is 12.6 Å². The Morgan fingerprint density at radius 2 is 2.06 bits per heavy atom. The van der Waals surface area contributed by atoms with E-state index < -0.39 is 0 Å². The van der Waals surface area contributed by atoms with Crippen molar-refractivity contribution >= 4 is 6.29 Å². The predicted octanol–water partition coefficient (Wildman–Crippen LogP) is 1.17. The number of hydrogen-bond donors (Lipinski definition) is 0. The van der Waals surface area contributed by atoms with Gasteiger partial charge in [-0.2, -0.15) is 0 Å². The van der Waals surface area contributed by atoms with Crippen LogP contribution in [-0.4, -0.2) is 49.3 Å². The van der Waals surface area contributed by atoms with E-state index in [2.05, 4.69) is 41.1 Å². The number of carbonyl (C=O) groups excluding carboxylic acids is 1. The summed E-state index contributed by atoms with van der Waals surface area (Å²) in [6, 6.07) is 10.8. The summed E-state index contributed by atoms with van der Waals surface area (Å²) in [6.07, 6.45) is 1.00. The van der Waals surface area contributed by atoms with E-state index >= 15 is 0 Å². The number of benzene rings is 1. The summed E-state index contributed by atoms with van der Waals surface area (Å²) in [6.45, 7) is 3.54. The second kappa shape index (κ2) is 5.23. The Kier molecular flexibility index (Phi) is 3.70. The van der Waals surface area contributed by atoms with Crippen molar-refractivity contribution in [1.29, 1.82) is 0 Å². The lowest BCUT2D eigenvalue weighted by atomic mass is 10.0. The van der Waals surface area contributed by atoms with Crippen LogP contribution in [0.3, 0.4) is 0 Å². The summed E-state index contributed by atoms with van der Waals surface area (Å²) in [5.74, 6) is 0. The van der Waals surface area contributed by atoms with E-state index in [0.717, 1.165) is 25.9 Å². The Labute approximate surface area is 96.7 Å². The Bertz CT molecular complexity index is 339. The largest absolute Gasteiger partial charge is 0.303 e.